The molecule has 1 saturated heterocycles. The highest BCUT2D eigenvalue weighted by Gasteiger charge is 2.41. The highest BCUT2D eigenvalue weighted by Crippen LogP contribution is 2.42. The third-order valence-corrected chi connectivity index (χ3v) is 6.05. The number of likely N-dealkylation sites (tertiary alicyclic amines) is 1. The van der Waals surface area contributed by atoms with Gasteiger partial charge in [-0.2, -0.15) is 0 Å². The highest BCUT2D eigenvalue weighted by molar-refractivity contribution is 5.70. The van der Waals surface area contributed by atoms with E-state index >= 15 is 0 Å². The first-order valence-corrected chi connectivity index (χ1v) is 12.4. The molecule has 2 unspecified atom stereocenters. The average Bonchev–Trinajstić information content (AvgIpc) is 3.35. The van der Waals surface area contributed by atoms with E-state index in [0.29, 0.717) is 12.2 Å². The van der Waals surface area contributed by atoms with E-state index < -0.39 is 40.5 Å². The number of nitro groups is 1. The van der Waals surface area contributed by atoms with E-state index in [-0.39, 0.29) is 31.1 Å². The lowest BCUT2D eigenvalue weighted by atomic mass is 10.0. The number of hydrogen-bond donors (Lipinski definition) is 1. The second kappa shape index (κ2) is 10.4. The number of nitrogens with one attached hydrogen (secondary N) is 1. The zero-order valence-electron chi connectivity index (χ0n) is 22.2. The van der Waals surface area contributed by atoms with Crippen molar-refractivity contribution in [2.45, 2.75) is 71.0 Å². The first-order chi connectivity index (χ1) is 17.8. The second-order valence-corrected chi connectivity index (χ2v) is 11.1. The van der Waals surface area contributed by atoms with E-state index in [2.05, 4.69) is 5.32 Å². The summed E-state index contributed by atoms with van der Waals surface area (Å²) in [6, 6.07) is 11.4. The summed E-state index contributed by atoms with van der Waals surface area (Å²) in [7, 11) is 0. The highest BCUT2D eigenvalue weighted by atomic mass is 16.6. The number of nitrogens with zero attached hydrogens (tertiary/aromatic N) is 2. The average molecular weight is 528 g/mol. The topological polar surface area (TPSA) is 129 Å². The van der Waals surface area contributed by atoms with Crippen molar-refractivity contribution in [1.82, 2.24) is 10.2 Å². The lowest BCUT2D eigenvalue weighted by molar-refractivity contribution is -0.386. The van der Waals surface area contributed by atoms with Crippen molar-refractivity contribution in [1.29, 1.82) is 0 Å². The van der Waals surface area contributed by atoms with Gasteiger partial charge in [0.2, 0.25) is 5.75 Å². The van der Waals surface area contributed by atoms with Gasteiger partial charge >= 0.3 is 17.9 Å². The number of fused-ring (bicyclic) bond motifs is 1. The Morgan fingerprint density at radius 2 is 1.89 bits per heavy atom. The van der Waals surface area contributed by atoms with E-state index in [1.54, 1.807) is 20.8 Å². The normalized spacial score (nSPS) is 19.8. The third kappa shape index (κ3) is 6.64. The zero-order chi connectivity index (χ0) is 27.7. The maximum absolute atomic E-state index is 12.8. The minimum atomic E-state index is -0.807. The Kier molecular flexibility index (Phi) is 7.39. The van der Waals surface area contributed by atoms with Crippen molar-refractivity contribution in [2.75, 3.05) is 13.1 Å². The van der Waals surface area contributed by atoms with Crippen LogP contribution in [0, 0.1) is 10.1 Å². The molecule has 0 spiro atoms. The van der Waals surface area contributed by atoms with Crippen LogP contribution >= 0.6 is 0 Å². The number of alkyl carbamates (subject to hydrolysis) is 1. The number of carbonyl (C=O) groups is 2. The molecule has 2 aliphatic rings. The molecule has 38 heavy (non-hydrogen) atoms. The van der Waals surface area contributed by atoms with E-state index in [1.807, 2.05) is 44.2 Å². The van der Waals surface area contributed by atoms with Gasteiger partial charge in [-0.25, -0.2) is 9.59 Å². The summed E-state index contributed by atoms with van der Waals surface area (Å²) in [5, 5.41) is 14.6. The van der Waals surface area contributed by atoms with Crippen LogP contribution in [0.25, 0.3) is 0 Å². The largest absolute Gasteiger partial charge is 0.487 e. The van der Waals surface area contributed by atoms with Gasteiger partial charge in [0.1, 0.15) is 29.7 Å². The first kappa shape index (κ1) is 27.0. The van der Waals surface area contributed by atoms with Crippen molar-refractivity contribution in [3.8, 4) is 11.5 Å². The molecule has 2 atom stereocenters. The van der Waals surface area contributed by atoms with Gasteiger partial charge in [0.05, 0.1) is 17.5 Å². The van der Waals surface area contributed by atoms with Gasteiger partial charge in [-0.05, 0) is 40.2 Å². The van der Waals surface area contributed by atoms with Gasteiger partial charge in [0.25, 0.3) is 0 Å². The predicted octanol–water partition coefficient (Wildman–Crippen LogP) is 4.60. The Balaban J connectivity index is 1.53. The van der Waals surface area contributed by atoms with Crippen LogP contribution in [0.15, 0.2) is 42.5 Å². The molecule has 2 aromatic rings. The fourth-order valence-electron chi connectivity index (χ4n) is 4.44. The van der Waals surface area contributed by atoms with Gasteiger partial charge in [-0.1, -0.05) is 30.3 Å². The smallest absolute Gasteiger partial charge is 0.410 e. The van der Waals surface area contributed by atoms with E-state index in [4.69, 9.17) is 18.9 Å². The van der Waals surface area contributed by atoms with Crippen LogP contribution in [0.5, 0.6) is 11.5 Å². The Morgan fingerprint density at radius 3 is 2.55 bits per heavy atom. The van der Waals surface area contributed by atoms with Crippen LogP contribution in [0.4, 0.5) is 15.3 Å². The summed E-state index contributed by atoms with van der Waals surface area (Å²) in [4.78, 5) is 38.2. The Hall–Kier alpha value is -4.02. The predicted molar refractivity (Wildman–Crippen MR) is 137 cm³/mol. The molecule has 0 aliphatic carbocycles. The maximum Gasteiger partial charge on any atom is 0.410 e. The summed E-state index contributed by atoms with van der Waals surface area (Å²) in [6.45, 7) is 9.22. The Morgan fingerprint density at radius 1 is 1.18 bits per heavy atom. The van der Waals surface area contributed by atoms with Gasteiger partial charge in [-0.3, -0.25) is 10.1 Å². The SMILES string of the molecule is CC(C)(C)OC(=O)N1CC(NC(=O)OCc2ccccc2)C(Oc2cc3c(cc2[N+](=O)[O-])CC(C)(C)O3)C1. The van der Waals surface area contributed by atoms with Crippen molar-refractivity contribution < 1.29 is 33.5 Å². The van der Waals surface area contributed by atoms with Crippen molar-refractivity contribution in [3.63, 3.8) is 0 Å². The molecule has 1 fully saturated rings. The molecule has 2 aromatic carbocycles. The standard InChI is InChI=1S/C27H33N3O8/c1-26(2,3)38-25(32)29-14-19(28-24(31)35-16-17-9-7-6-8-10-17)23(15-29)36-22-12-21-18(11-20(22)30(33)34)13-27(4,5)37-21/h6-12,19,23H,13-16H2,1-5H3,(H,28,31). The van der Waals surface area contributed by atoms with Gasteiger partial charge < -0.3 is 29.2 Å². The molecule has 204 valence electrons. The van der Waals surface area contributed by atoms with Gasteiger partial charge in [0, 0.05) is 30.7 Å². The van der Waals surface area contributed by atoms with Crippen molar-refractivity contribution >= 4 is 17.9 Å². The molecule has 0 saturated carbocycles. The quantitative estimate of drug-likeness (QED) is 0.426. The molecule has 1 N–H and O–H groups in total. The molecule has 2 amide bonds. The molecular weight excluding hydrogens is 494 g/mol. The van der Waals surface area contributed by atoms with Crippen LogP contribution < -0.4 is 14.8 Å². The molecule has 2 aliphatic heterocycles. The second-order valence-electron chi connectivity index (χ2n) is 11.1. The van der Waals surface area contributed by atoms with Gasteiger partial charge in [0.15, 0.2) is 0 Å². The number of rotatable bonds is 6. The number of amides is 2. The molecule has 0 radical (unpaired) electrons. The summed E-state index contributed by atoms with van der Waals surface area (Å²) in [5.41, 5.74) is 0.0915. The fourth-order valence-corrected chi connectivity index (χ4v) is 4.44. The summed E-state index contributed by atoms with van der Waals surface area (Å²) >= 11 is 0. The third-order valence-electron chi connectivity index (χ3n) is 6.05. The van der Waals surface area contributed by atoms with E-state index in [9.17, 15) is 19.7 Å². The minimum absolute atomic E-state index is 0.00746. The lowest BCUT2D eigenvalue weighted by Crippen LogP contribution is -2.45. The zero-order valence-corrected chi connectivity index (χ0v) is 22.2. The monoisotopic (exact) mass is 527 g/mol. The van der Waals surface area contributed by atoms with E-state index in [1.165, 1.54) is 17.0 Å². The Bertz CT molecular complexity index is 1210. The van der Waals surface area contributed by atoms with E-state index in [0.717, 1.165) is 11.1 Å². The first-order valence-electron chi connectivity index (χ1n) is 12.4. The summed E-state index contributed by atoms with van der Waals surface area (Å²) in [6.07, 6.45) is -1.57. The molecule has 11 nitrogen and oxygen atoms in total. The number of nitro benzene ring substituents is 1. The summed E-state index contributed by atoms with van der Waals surface area (Å²) < 4.78 is 22.9. The molecular formula is C27H33N3O8. The maximum atomic E-state index is 12.8. The molecule has 11 heteroatoms. The molecule has 4 rings (SSSR count). The lowest BCUT2D eigenvalue weighted by Gasteiger charge is -2.24. The van der Waals surface area contributed by atoms with Crippen LogP contribution in [-0.4, -0.2) is 58.4 Å². The van der Waals surface area contributed by atoms with Crippen molar-refractivity contribution in [3.05, 3.63) is 63.7 Å². The van der Waals surface area contributed by atoms with Gasteiger partial charge in [-0.15, -0.1) is 0 Å². The molecule has 0 aromatic heterocycles. The van der Waals surface area contributed by atoms with Crippen LogP contribution in [-0.2, 0) is 22.5 Å². The Labute approximate surface area is 221 Å². The van der Waals surface area contributed by atoms with Crippen molar-refractivity contribution in [2.24, 2.45) is 0 Å². The number of ether oxygens (including phenoxy) is 4. The van der Waals surface area contributed by atoms with Crippen LogP contribution in [0.2, 0.25) is 0 Å². The molecule has 0 bridgehead atoms. The van der Waals surface area contributed by atoms with Crippen LogP contribution in [0.3, 0.4) is 0 Å². The minimum Gasteiger partial charge on any atom is -0.487 e. The molecule has 2 heterocycles. The fraction of sp³-hybridized carbons (Fsp3) is 0.481. The number of hydrogen-bond acceptors (Lipinski definition) is 8. The summed E-state index contributed by atoms with van der Waals surface area (Å²) in [5.74, 6) is 0.497. The van der Waals surface area contributed by atoms with Crippen LogP contribution in [0.1, 0.15) is 45.7 Å². The number of benzene rings is 2. The number of carbonyl (C=O) groups excluding carboxylic acids is 2.